The lowest BCUT2D eigenvalue weighted by Gasteiger charge is -2.05. The molecule has 0 aromatic carbocycles. The van der Waals surface area contributed by atoms with Crippen molar-refractivity contribution in [3.05, 3.63) is 22.7 Å². The van der Waals surface area contributed by atoms with Gasteiger partial charge in [0.25, 0.3) is 0 Å². The van der Waals surface area contributed by atoms with Gasteiger partial charge in [0.15, 0.2) is 0 Å². The fraction of sp³-hybridized carbons (Fsp3) is 0.333. The average molecular weight is 142 g/mol. The molecular formula is C6H8BClO. The predicted octanol–water partition coefficient (Wildman–Crippen LogP) is 1.13. The van der Waals surface area contributed by atoms with Gasteiger partial charge in [-0.25, -0.2) is 0 Å². The third kappa shape index (κ3) is 1.60. The summed E-state index contributed by atoms with van der Waals surface area (Å²) in [6.07, 6.45) is 5.92. The fourth-order valence-electron chi connectivity index (χ4n) is 0.836. The normalized spacial score (nSPS) is 18.4. The molecule has 0 fully saturated rings. The summed E-state index contributed by atoms with van der Waals surface area (Å²) in [7, 11) is 0.0648. The minimum absolute atomic E-state index is 0.0648. The van der Waals surface area contributed by atoms with Crippen LogP contribution in [0.2, 0.25) is 0 Å². The van der Waals surface area contributed by atoms with Gasteiger partial charge < -0.3 is 5.02 Å². The van der Waals surface area contributed by atoms with Crippen LogP contribution in [-0.2, 0) is 0 Å². The molecule has 0 aliphatic heterocycles. The van der Waals surface area contributed by atoms with Gasteiger partial charge in [-0.15, -0.1) is 0 Å². The van der Waals surface area contributed by atoms with Crippen molar-refractivity contribution in [3.63, 3.8) is 0 Å². The second-order valence-corrected chi connectivity index (χ2v) is 2.42. The molecule has 48 valence electrons. The Morgan fingerprint density at radius 1 is 1.44 bits per heavy atom. The molecule has 0 aromatic heterocycles. The lowest BCUT2D eigenvalue weighted by Crippen LogP contribution is -1.98. The molecule has 0 aromatic rings. The first-order chi connectivity index (χ1) is 4.34. The van der Waals surface area contributed by atoms with Crippen LogP contribution >= 0.6 is 11.6 Å². The summed E-state index contributed by atoms with van der Waals surface area (Å²) in [4.78, 5) is 0. The molecule has 0 atom stereocenters. The SMILES string of the molecule is OBC1=CCCC=C1Cl. The second kappa shape index (κ2) is 3.09. The van der Waals surface area contributed by atoms with Crippen LogP contribution in [0.1, 0.15) is 12.8 Å². The summed E-state index contributed by atoms with van der Waals surface area (Å²) in [5, 5.41) is 9.38. The second-order valence-electron chi connectivity index (χ2n) is 2.02. The van der Waals surface area contributed by atoms with E-state index in [4.69, 9.17) is 16.6 Å². The van der Waals surface area contributed by atoms with Gasteiger partial charge in [-0.1, -0.05) is 23.8 Å². The first-order valence-corrected chi connectivity index (χ1v) is 3.38. The predicted molar refractivity (Wildman–Crippen MR) is 40.6 cm³/mol. The highest BCUT2D eigenvalue weighted by molar-refractivity contribution is 6.47. The molecule has 1 N–H and O–H groups in total. The molecule has 0 saturated heterocycles. The maximum atomic E-state index is 8.67. The van der Waals surface area contributed by atoms with Crippen LogP contribution in [0.3, 0.4) is 0 Å². The molecular weight excluding hydrogens is 134 g/mol. The minimum Gasteiger partial charge on any atom is -0.449 e. The molecule has 9 heavy (non-hydrogen) atoms. The highest BCUT2D eigenvalue weighted by atomic mass is 35.5. The molecule has 1 aliphatic rings. The van der Waals surface area contributed by atoms with Crippen LogP contribution in [-0.4, -0.2) is 12.5 Å². The van der Waals surface area contributed by atoms with E-state index in [2.05, 4.69) is 0 Å². The molecule has 1 aliphatic carbocycles. The van der Waals surface area contributed by atoms with E-state index in [1.807, 2.05) is 12.2 Å². The monoisotopic (exact) mass is 142 g/mol. The maximum absolute atomic E-state index is 8.67. The van der Waals surface area contributed by atoms with Crippen molar-refractivity contribution in [3.8, 4) is 0 Å². The third-order valence-electron chi connectivity index (χ3n) is 1.36. The van der Waals surface area contributed by atoms with Crippen LogP contribution in [0.5, 0.6) is 0 Å². The van der Waals surface area contributed by atoms with Gasteiger partial charge >= 0.3 is 7.48 Å². The Balaban J connectivity index is 2.68. The first kappa shape index (κ1) is 6.91. The molecule has 0 amide bonds. The molecule has 1 rings (SSSR count). The van der Waals surface area contributed by atoms with E-state index in [9.17, 15) is 0 Å². The molecule has 0 saturated carbocycles. The lowest BCUT2D eigenvalue weighted by atomic mass is 9.84. The Labute approximate surface area is 60.3 Å². The third-order valence-corrected chi connectivity index (χ3v) is 1.76. The zero-order valence-corrected chi connectivity index (χ0v) is 5.86. The van der Waals surface area contributed by atoms with Gasteiger partial charge in [0.05, 0.1) is 0 Å². The van der Waals surface area contributed by atoms with E-state index in [0.717, 1.165) is 18.3 Å². The van der Waals surface area contributed by atoms with Crippen molar-refractivity contribution < 1.29 is 5.02 Å². The van der Waals surface area contributed by atoms with Gasteiger partial charge in [-0.3, -0.25) is 0 Å². The van der Waals surface area contributed by atoms with Crippen molar-refractivity contribution in [2.24, 2.45) is 0 Å². The standard InChI is InChI=1S/C6H8BClO/c8-6-4-2-1-3-5(6)7-9/h3-4,7,9H,1-2H2. The number of hydrogen-bond acceptors (Lipinski definition) is 1. The Morgan fingerprint density at radius 3 is 2.56 bits per heavy atom. The van der Waals surface area contributed by atoms with Crippen molar-refractivity contribution >= 4 is 19.1 Å². The molecule has 0 heterocycles. The van der Waals surface area contributed by atoms with Gasteiger partial charge in [0.2, 0.25) is 0 Å². The largest absolute Gasteiger partial charge is 0.449 e. The summed E-state index contributed by atoms with van der Waals surface area (Å²) in [5.74, 6) is 0. The molecule has 1 nitrogen and oxygen atoms in total. The zero-order chi connectivity index (χ0) is 6.69. The van der Waals surface area contributed by atoms with E-state index in [1.54, 1.807) is 0 Å². The molecule has 0 radical (unpaired) electrons. The van der Waals surface area contributed by atoms with Crippen molar-refractivity contribution in [1.82, 2.24) is 0 Å². The lowest BCUT2D eigenvalue weighted by molar-refractivity contribution is 0.611. The van der Waals surface area contributed by atoms with Crippen LogP contribution < -0.4 is 0 Å². The Hall–Kier alpha value is -0.205. The first-order valence-electron chi connectivity index (χ1n) is 3.00. The average Bonchev–Trinajstić information content (AvgIpc) is 1.89. The number of allylic oxidation sites excluding steroid dienone is 4. The number of halogens is 1. The minimum atomic E-state index is 0.0648. The van der Waals surface area contributed by atoms with Crippen molar-refractivity contribution in [2.75, 3.05) is 0 Å². The van der Waals surface area contributed by atoms with Gasteiger partial charge in [0, 0.05) is 5.03 Å². The highest BCUT2D eigenvalue weighted by Crippen LogP contribution is 2.19. The Morgan fingerprint density at radius 2 is 2.11 bits per heavy atom. The zero-order valence-electron chi connectivity index (χ0n) is 5.10. The van der Waals surface area contributed by atoms with Crippen LogP contribution in [0.25, 0.3) is 0 Å². The summed E-state index contributed by atoms with van der Waals surface area (Å²) < 4.78 is 0. The summed E-state index contributed by atoms with van der Waals surface area (Å²) in [5.41, 5.74) is 0.864. The van der Waals surface area contributed by atoms with Crippen LogP contribution in [0, 0.1) is 0 Å². The molecule has 0 spiro atoms. The Kier molecular flexibility index (Phi) is 2.37. The van der Waals surface area contributed by atoms with E-state index in [0.29, 0.717) is 5.03 Å². The fourth-order valence-corrected chi connectivity index (χ4v) is 1.08. The number of rotatable bonds is 1. The molecule has 3 heteroatoms. The van der Waals surface area contributed by atoms with Gasteiger partial charge in [0.1, 0.15) is 0 Å². The summed E-state index contributed by atoms with van der Waals surface area (Å²) >= 11 is 5.72. The van der Waals surface area contributed by atoms with E-state index >= 15 is 0 Å². The van der Waals surface area contributed by atoms with Crippen LogP contribution in [0.15, 0.2) is 22.7 Å². The summed E-state index contributed by atoms with van der Waals surface area (Å²) in [6, 6.07) is 0. The smallest absolute Gasteiger partial charge is 0.305 e. The molecule has 0 bridgehead atoms. The highest BCUT2D eigenvalue weighted by Gasteiger charge is 2.04. The van der Waals surface area contributed by atoms with Crippen LogP contribution in [0.4, 0.5) is 0 Å². The Bertz CT molecular complexity index is 162. The summed E-state index contributed by atoms with van der Waals surface area (Å²) in [6.45, 7) is 0. The van der Waals surface area contributed by atoms with E-state index in [1.165, 1.54) is 0 Å². The number of hydrogen-bond donors (Lipinski definition) is 1. The van der Waals surface area contributed by atoms with Crippen molar-refractivity contribution in [2.45, 2.75) is 12.8 Å². The van der Waals surface area contributed by atoms with Gasteiger partial charge in [-0.05, 0) is 18.3 Å². The van der Waals surface area contributed by atoms with Crippen molar-refractivity contribution in [1.29, 1.82) is 0 Å². The molecule has 0 unspecified atom stereocenters. The topological polar surface area (TPSA) is 20.2 Å². The quantitative estimate of drug-likeness (QED) is 0.544. The van der Waals surface area contributed by atoms with E-state index < -0.39 is 0 Å². The maximum Gasteiger partial charge on any atom is 0.305 e. The van der Waals surface area contributed by atoms with Gasteiger partial charge in [-0.2, -0.15) is 0 Å². The van der Waals surface area contributed by atoms with E-state index in [-0.39, 0.29) is 7.48 Å².